The summed E-state index contributed by atoms with van der Waals surface area (Å²) in [6.07, 6.45) is -2.55. The molecule has 0 aliphatic carbocycles. The second kappa shape index (κ2) is 6.62. The van der Waals surface area contributed by atoms with Crippen LogP contribution in [0.4, 0.5) is 13.2 Å². The van der Waals surface area contributed by atoms with Gasteiger partial charge in [-0.2, -0.15) is 13.2 Å². The van der Waals surface area contributed by atoms with Crippen molar-refractivity contribution < 1.29 is 18.0 Å². The highest BCUT2D eigenvalue weighted by Crippen LogP contribution is 2.30. The predicted molar refractivity (Wildman–Crippen MR) is 66.1 cm³/mol. The summed E-state index contributed by atoms with van der Waals surface area (Å²) in [6, 6.07) is 0. The molecule has 18 heavy (non-hydrogen) atoms. The summed E-state index contributed by atoms with van der Waals surface area (Å²) >= 11 is 3.82. The van der Waals surface area contributed by atoms with E-state index in [9.17, 15) is 18.0 Å². The topological polar surface area (TPSA) is 54.9 Å². The highest BCUT2D eigenvalue weighted by atomic mass is 32.2. The van der Waals surface area contributed by atoms with Gasteiger partial charge in [-0.15, -0.1) is 10.2 Å². The fourth-order valence-electron chi connectivity index (χ4n) is 0.863. The standard InChI is InChI=1S/C8H10F3N3OS3/c1-4(5(15)12-3-8(9,10)11)17-7-14-13-6(16-2)18-7/h4H,3H2,1-2H3,(H,12,15). The third-order valence-electron chi connectivity index (χ3n) is 1.67. The van der Waals surface area contributed by atoms with Crippen LogP contribution in [0, 0.1) is 0 Å². The van der Waals surface area contributed by atoms with E-state index in [1.165, 1.54) is 30.0 Å². The summed E-state index contributed by atoms with van der Waals surface area (Å²) in [5, 5.41) is 8.84. The van der Waals surface area contributed by atoms with Gasteiger partial charge in [-0.3, -0.25) is 4.79 Å². The first-order valence-electron chi connectivity index (χ1n) is 4.70. The van der Waals surface area contributed by atoms with Gasteiger partial charge >= 0.3 is 6.18 Å². The number of nitrogens with one attached hydrogen (secondary N) is 1. The molecule has 0 aliphatic heterocycles. The molecule has 1 unspecified atom stereocenters. The molecule has 1 heterocycles. The molecule has 0 bridgehead atoms. The molecule has 0 fully saturated rings. The van der Waals surface area contributed by atoms with Crippen molar-refractivity contribution >= 4 is 40.8 Å². The van der Waals surface area contributed by atoms with E-state index < -0.39 is 23.9 Å². The molecule has 10 heteroatoms. The lowest BCUT2D eigenvalue weighted by Gasteiger charge is -2.11. The Morgan fingerprint density at radius 3 is 2.56 bits per heavy atom. The van der Waals surface area contributed by atoms with Crippen LogP contribution in [-0.4, -0.2) is 40.3 Å². The first-order valence-corrected chi connectivity index (χ1v) is 7.62. The van der Waals surface area contributed by atoms with Crippen molar-refractivity contribution in [1.29, 1.82) is 0 Å². The Labute approximate surface area is 114 Å². The van der Waals surface area contributed by atoms with Crippen molar-refractivity contribution in [3.05, 3.63) is 0 Å². The second-order valence-electron chi connectivity index (χ2n) is 3.13. The average Bonchev–Trinajstić information content (AvgIpc) is 2.72. The quantitative estimate of drug-likeness (QED) is 0.845. The predicted octanol–water partition coefficient (Wildman–Crippen LogP) is 2.42. The summed E-state index contributed by atoms with van der Waals surface area (Å²) in [4.78, 5) is 11.4. The van der Waals surface area contributed by atoms with Gasteiger partial charge in [-0.05, 0) is 13.2 Å². The lowest BCUT2D eigenvalue weighted by Crippen LogP contribution is -2.37. The number of thioether (sulfide) groups is 2. The minimum atomic E-state index is -4.39. The van der Waals surface area contributed by atoms with Crippen molar-refractivity contribution in [3.8, 4) is 0 Å². The number of nitrogens with zero attached hydrogens (tertiary/aromatic N) is 2. The molecular weight excluding hydrogens is 307 g/mol. The van der Waals surface area contributed by atoms with Crippen LogP contribution in [0.15, 0.2) is 8.68 Å². The SMILES string of the molecule is CSc1nnc(SC(C)C(=O)NCC(F)(F)F)s1. The van der Waals surface area contributed by atoms with E-state index in [4.69, 9.17) is 0 Å². The first kappa shape index (κ1) is 15.6. The maximum Gasteiger partial charge on any atom is 0.405 e. The zero-order valence-electron chi connectivity index (χ0n) is 9.45. The maximum atomic E-state index is 11.9. The van der Waals surface area contributed by atoms with Crippen LogP contribution in [0.3, 0.4) is 0 Å². The zero-order valence-corrected chi connectivity index (χ0v) is 11.9. The lowest BCUT2D eigenvalue weighted by molar-refractivity contribution is -0.137. The molecule has 1 N–H and O–H groups in total. The molecule has 0 saturated heterocycles. The van der Waals surface area contributed by atoms with Crippen LogP contribution < -0.4 is 5.32 Å². The molecule has 4 nitrogen and oxygen atoms in total. The number of carbonyl (C=O) groups excluding carboxylic acids is 1. The van der Waals surface area contributed by atoms with E-state index in [0.29, 0.717) is 4.34 Å². The highest BCUT2D eigenvalue weighted by Gasteiger charge is 2.29. The molecule has 1 aromatic rings. The third-order valence-corrected chi connectivity index (χ3v) is 4.76. The minimum absolute atomic E-state index is 0.564. The molecule has 1 atom stereocenters. The van der Waals surface area contributed by atoms with E-state index in [0.717, 1.165) is 16.1 Å². The Morgan fingerprint density at radius 1 is 1.44 bits per heavy atom. The molecule has 102 valence electrons. The van der Waals surface area contributed by atoms with Gasteiger partial charge in [0.15, 0.2) is 8.68 Å². The summed E-state index contributed by atoms with van der Waals surface area (Å²) in [5.74, 6) is -0.668. The normalized spacial score (nSPS) is 13.4. The van der Waals surface area contributed by atoms with Crippen molar-refractivity contribution in [3.63, 3.8) is 0 Å². The van der Waals surface area contributed by atoms with Crippen LogP contribution in [0.25, 0.3) is 0 Å². The Bertz CT molecular complexity index is 410. The Hall–Kier alpha value is -0.480. The first-order chi connectivity index (χ1) is 8.31. The lowest BCUT2D eigenvalue weighted by atomic mass is 10.4. The van der Waals surface area contributed by atoms with Crippen LogP contribution in [-0.2, 0) is 4.79 Å². The van der Waals surface area contributed by atoms with Crippen LogP contribution in [0.5, 0.6) is 0 Å². The van der Waals surface area contributed by atoms with Crippen LogP contribution in [0.1, 0.15) is 6.92 Å². The number of halogens is 3. The van der Waals surface area contributed by atoms with Crippen LogP contribution in [0.2, 0.25) is 0 Å². The molecule has 0 radical (unpaired) electrons. The monoisotopic (exact) mass is 317 g/mol. The number of hydrogen-bond acceptors (Lipinski definition) is 6. The van der Waals surface area contributed by atoms with Gasteiger partial charge in [0, 0.05) is 0 Å². The van der Waals surface area contributed by atoms with E-state index in [2.05, 4.69) is 10.2 Å². The smallest absolute Gasteiger partial charge is 0.346 e. The minimum Gasteiger partial charge on any atom is -0.346 e. The number of carbonyl (C=O) groups is 1. The van der Waals surface area contributed by atoms with E-state index in [1.807, 2.05) is 11.6 Å². The molecular formula is C8H10F3N3OS3. The van der Waals surface area contributed by atoms with Crippen molar-refractivity contribution in [1.82, 2.24) is 15.5 Å². The third kappa shape index (κ3) is 5.44. The molecule has 0 aromatic carbocycles. The number of aromatic nitrogens is 2. The number of hydrogen-bond donors (Lipinski definition) is 1. The largest absolute Gasteiger partial charge is 0.405 e. The van der Waals surface area contributed by atoms with E-state index in [-0.39, 0.29) is 0 Å². The molecule has 0 spiro atoms. The summed E-state index contributed by atoms with van der Waals surface area (Å²) in [5.41, 5.74) is 0. The number of amides is 1. The van der Waals surface area contributed by atoms with Crippen molar-refractivity contribution in [2.24, 2.45) is 0 Å². The molecule has 1 amide bonds. The van der Waals surface area contributed by atoms with Gasteiger partial charge in [-0.1, -0.05) is 34.9 Å². The second-order valence-corrected chi connectivity index (χ2v) is 6.75. The Kier molecular flexibility index (Phi) is 5.73. The zero-order chi connectivity index (χ0) is 13.8. The summed E-state index contributed by atoms with van der Waals surface area (Å²) < 4.78 is 37.0. The molecule has 1 aromatic heterocycles. The maximum absolute atomic E-state index is 11.9. The highest BCUT2D eigenvalue weighted by molar-refractivity contribution is 8.03. The fraction of sp³-hybridized carbons (Fsp3) is 0.625. The van der Waals surface area contributed by atoms with Crippen molar-refractivity contribution in [2.45, 2.75) is 27.0 Å². The van der Waals surface area contributed by atoms with Gasteiger partial charge in [0.2, 0.25) is 5.91 Å². The van der Waals surface area contributed by atoms with E-state index >= 15 is 0 Å². The van der Waals surface area contributed by atoms with Crippen LogP contribution >= 0.6 is 34.9 Å². The molecule has 0 aliphatic rings. The van der Waals surface area contributed by atoms with Crippen molar-refractivity contribution in [2.75, 3.05) is 12.8 Å². The Morgan fingerprint density at radius 2 is 2.06 bits per heavy atom. The molecule has 0 saturated carbocycles. The summed E-state index contributed by atoms with van der Waals surface area (Å²) in [7, 11) is 0. The Balaban J connectivity index is 2.44. The summed E-state index contributed by atoms with van der Waals surface area (Å²) in [6.45, 7) is 0.208. The fourth-order valence-corrected chi connectivity index (χ4v) is 3.47. The van der Waals surface area contributed by atoms with Gasteiger partial charge in [0.1, 0.15) is 6.54 Å². The van der Waals surface area contributed by atoms with Gasteiger partial charge in [0.25, 0.3) is 0 Å². The van der Waals surface area contributed by atoms with E-state index in [1.54, 1.807) is 0 Å². The average molecular weight is 317 g/mol. The van der Waals surface area contributed by atoms with Gasteiger partial charge < -0.3 is 5.32 Å². The number of alkyl halides is 3. The van der Waals surface area contributed by atoms with Gasteiger partial charge in [-0.25, -0.2) is 0 Å². The number of rotatable bonds is 5. The molecule has 1 rings (SSSR count). The van der Waals surface area contributed by atoms with Gasteiger partial charge in [0.05, 0.1) is 5.25 Å².